The van der Waals surface area contributed by atoms with Gasteiger partial charge in [0.25, 0.3) is 5.91 Å². The average molecular weight is 285 g/mol. The van der Waals surface area contributed by atoms with Gasteiger partial charge in [-0.3, -0.25) is 4.79 Å². The van der Waals surface area contributed by atoms with Crippen molar-refractivity contribution in [3.63, 3.8) is 0 Å². The van der Waals surface area contributed by atoms with Crippen LogP contribution < -0.4 is 10.1 Å². The smallest absolute Gasteiger partial charge is 0.257 e. The maximum Gasteiger partial charge on any atom is 0.257 e. The lowest BCUT2D eigenvalue weighted by Gasteiger charge is -2.32. The molecule has 1 saturated heterocycles. The monoisotopic (exact) mass is 284 g/mol. The molecule has 19 heavy (non-hydrogen) atoms. The predicted octanol–water partition coefficient (Wildman–Crippen LogP) is 1.94. The maximum absolute atomic E-state index is 12.5. The molecule has 0 radical (unpaired) electrons. The molecule has 1 aliphatic rings. The Balaban J connectivity index is 0.00000180. The van der Waals surface area contributed by atoms with Crippen molar-refractivity contribution in [2.45, 2.75) is 19.9 Å². The van der Waals surface area contributed by atoms with Crippen molar-refractivity contribution in [1.29, 1.82) is 0 Å². The number of amides is 1. The Morgan fingerprint density at radius 3 is 2.89 bits per heavy atom. The molecule has 1 fully saturated rings. The lowest BCUT2D eigenvalue weighted by atomic mass is 10.1. The Morgan fingerprint density at radius 1 is 1.47 bits per heavy atom. The first-order valence-electron chi connectivity index (χ1n) is 6.47. The van der Waals surface area contributed by atoms with Crippen LogP contribution in [0.3, 0.4) is 0 Å². The summed E-state index contributed by atoms with van der Waals surface area (Å²) in [5.74, 6) is 0.739. The molecule has 0 aliphatic carbocycles. The zero-order valence-corrected chi connectivity index (χ0v) is 12.2. The maximum atomic E-state index is 12.5. The van der Waals surface area contributed by atoms with Crippen molar-refractivity contribution in [1.82, 2.24) is 10.2 Å². The third kappa shape index (κ3) is 3.85. The van der Waals surface area contributed by atoms with Gasteiger partial charge in [0.05, 0.1) is 12.2 Å². The number of piperazine rings is 1. The van der Waals surface area contributed by atoms with Crippen LogP contribution in [0.4, 0.5) is 0 Å². The van der Waals surface area contributed by atoms with E-state index in [0.29, 0.717) is 24.0 Å². The highest BCUT2D eigenvalue weighted by Crippen LogP contribution is 2.20. The van der Waals surface area contributed by atoms with Crippen LogP contribution in [0.5, 0.6) is 5.75 Å². The summed E-state index contributed by atoms with van der Waals surface area (Å²) in [7, 11) is 0. The molecule has 1 aromatic rings. The third-order valence-electron chi connectivity index (χ3n) is 3.07. The number of nitrogens with zero attached hydrogens (tertiary/aromatic N) is 1. The number of halogens is 1. The van der Waals surface area contributed by atoms with Crippen LogP contribution >= 0.6 is 12.4 Å². The second-order valence-corrected chi connectivity index (χ2v) is 4.54. The Bertz CT molecular complexity index is 426. The van der Waals surface area contributed by atoms with E-state index in [1.807, 2.05) is 36.1 Å². The molecular weight excluding hydrogens is 264 g/mol. The molecule has 0 spiro atoms. The second-order valence-electron chi connectivity index (χ2n) is 4.54. The number of rotatable bonds is 3. The molecule has 1 heterocycles. The van der Waals surface area contributed by atoms with E-state index in [9.17, 15) is 4.79 Å². The highest BCUT2D eigenvalue weighted by atomic mass is 35.5. The van der Waals surface area contributed by atoms with E-state index >= 15 is 0 Å². The lowest BCUT2D eigenvalue weighted by Crippen LogP contribution is -2.51. The molecular formula is C14H21ClN2O2. The number of carbonyl (C=O) groups is 1. The van der Waals surface area contributed by atoms with Crippen LogP contribution in [0.15, 0.2) is 24.3 Å². The van der Waals surface area contributed by atoms with Gasteiger partial charge < -0.3 is 15.0 Å². The molecule has 2 rings (SSSR count). The SMILES string of the molecule is CCOc1ccccc1C(=O)N1CCNC(C)C1.Cl. The first kappa shape index (κ1) is 15.8. The molecule has 4 nitrogen and oxygen atoms in total. The Hall–Kier alpha value is -1.26. The van der Waals surface area contributed by atoms with Gasteiger partial charge in [-0.15, -0.1) is 12.4 Å². The van der Waals surface area contributed by atoms with Crippen molar-refractivity contribution >= 4 is 18.3 Å². The van der Waals surface area contributed by atoms with Gasteiger partial charge >= 0.3 is 0 Å². The molecule has 1 unspecified atom stereocenters. The van der Waals surface area contributed by atoms with E-state index in [1.54, 1.807) is 0 Å². The predicted molar refractivity (Wildman–Crippen MR) is 78.2 cm³/mol. The number of para-hydroxylation sites is 1. The molecule has 1 amide bonds. The molecule has 1 N–H and O–H groups in total. The van der Waals surface area contributed by atoms with Gasteiger partial charge in [0.15, 0.2) is 0 Å². The average Bonchev–Trinajstić information content (AvgIpc) is 2.39. The highest BCUT2D eigenvalue weighted by Gasteiger charge is 2.23. The molecule has 0 saturated carbocycles. The van der Waals surface area contributed by atoms with Gasteiger partial charge in [0.2, 0.25) is 0 Å². The van der Waals surface area contributed by atoms with E-state index in [1.165, 1.54) is 0 Å². The van der Waals surface area contributed by atoms with Crippen molar-refractivity contribution in [3.05, 3.63) is 29.8 Å². The van der Waals surface area contributed by atoms with Crippen molar-refractivity contribution in [2.24, 2.45) is 0 Å². The van der Waals surface area contributed by atoms with Gasteiger partial charge in [-0.05, 0) is 26.0 Å². The van der Waals surface area contributed by atoms with Gasteiger partial charge in [-0.2, -0.15) is 0 Å². The number of carbonyl (C=O) groups excluding carboxylic acids is 1. The minimum atomic E-state index is 0. The van der Waals surface area contributed by atoms with E-state index in [2.05, 4.69) is 12.2 Å². The summed E-state index contributed by atoms with van der Waals surface area (Å²) in [6.45, 7) is 6.94. The van der Waals surface area contributed by atoms with Crippen LogP contribution in [0.25, 0.3) is 0 Å². The highest BCUT2D eigenvalue weighted by molar-refractivity contribution is 5.97. The molecule has 1 aliphatic heterocycles. The van der Waals surface area contributed by atoms with Crippen LogP contribution in [-0.2, 0) is 0 Å². The summed E-state index contributed by atoms with van der Waals surface area (Å²) in [5.41, 5.74) is 0.661. The quantitative estimate of drug-likeness (QED) is 0.922. The summed E-state index contributed by atoms with van der Waals surface area (Å²) in [6, 6.07) is 7.80. The molecule has 1 atom stereocenters. The molecule has 1 aromatic carbocycles. The summed E-state index contributed by atoms with van der Waals surface area (Å²) >= 11 is 0. The van der Waals surface area contributed by atoms with Gasteiger partial charge in [0.1, 0.15) is 5.75 Å². The van der Waals surface area contributed by atoms with Crippen LogP contribution in [0.1, 0.15) is 24.2 Å². The zero-order valence-electron chi connectivity index (χ0n) is 11.4. The molecule has 106 valence electrons. The largest absolute Gasteiger partial charge is 0.493 e. The van der Waals surface area contributed by atoms with Crippen LogP contribution in [0.2, 0.25) is 0 Å². The topological polar surface area (TPSA) is 41.6 Å². The van der Waals surface area contributed by atoms with Gasteiger partial charge in [-0.25, -0.2) is 0 Å². The fourth-order valence-electron chi connectivity index (χ4n) is 2.21. The summed E-state index contributed by atoms with van der Waals surface area (Å²) < 4.78 is 5.51. The Morgan fingerprint density at radius 2 is 2.21 bits per heavy atom. The number of hydrogen-bond acceptors (Lipinski definition) is 3. The molecule has 0 aromatic heterocycles. The van der Waals surface area contributed by atoms with Gasteiger partial charge in [-0.1, -0.05) is 12.1 Å². The van der Waals surface area contributed by atoms with Crippen molar-refractivity contribution in [3.8, 4) is 5.75 Å². The van der Waals surface area contributed by atoms with Crippen LogP contribution in [0, 0.1) is 0 Å². The molecule has 5 heteroatoms. The number of hydrogen-bond donors (Lipinski definition) is 1. The van der Waals surface area contributed by atoms with E-state index < -0.39 is 0 Å². The first-order chi connectivity index (χ1) is 8.72. The Kier molecular flexibility index (Phi) is 6.12. The minimum Gasteiger partial charge on any atom is -0.493 e. The zero-order chi connectivity index (χ0) is 13.0. The fraction of sp³-hybridized carbons (Fsp3) is 0.500. The first-order valence-corrected chi connectivity index (χ1v) is 6.47. The second kappa shape index (κ2) is 7.36. The minimum absolute atomic E-state index is 0. The number of nitrogens with one attached hydrogen (secondary N) is 1. The molecule has 0 bridgehead atoms. The van der Waals surface area contributed by atoms with E-state index in [-0.39, 0.29) is 18.3 Å². The van der Waals surface area contributed by atoms with E-state index in [4.69, 9.17) is 4.74 Å². The number of ether oxygens (including phenoxy) is 1. The van der Waals surface area contributed by atoms with E-state index in [0.717, 1.165) is 19.6 Å². The summed E-state index contributed by atoms with van der Waals surface area (Å²) in [4.78, 5) is 14.3. The number of benzene rings is 1. The Labute approximate surface area is 120 Å². The normalized spacial score (nSPS) is 18.6. The lowest BCUT2D eigenvalue weighted by molar-refractivity contribution is 0.0705. The third-order valence-corrected chi connectivity index (χ3v) is 3.07. The van der Waals surface area contributed by atoms with Crippen LogP contribution in [-0.4, -0.2) is 43.1 Å². The van der Waals surface area contributed by atoms with Crippen molar-refractivity contribution < 1.29 is 9.53 Å². The summed E-state index contributed by atoms with van der Waals surface area (Å²) in [6.07, 6.45) is 0. The van der Waals surface area contributed by atoms with Crippen molar-refractivity contribution in [2.75, 3.05) is 26.2 Å². The summed E-state index contributed by atoms with van der Waals surface area (Å²) in [5, 5.41) is 3.33. The fourth-order valence-corrected chi connectivity index (χ4v) is 2.21. The van der Waals surface area contributed by atoms with Gasteiger partial charge in [0, 0.05) is 25.7 Å². The standard InChI is InChI=1S/C14H20N2O2.ClH/c1-3-18-13-7-5-4-6-12(13)14(17)16-9-8-15-11(2)10-16;/h4-7,11,15H,3,8-10H2,1-2H3;1H.